The molecule has 1 aromatic heterocycles. The lowest BCUT2D eigenvalue weighted by atomic mass is 9.70. The van der Waals surface area contributed by atoms with E-state index in [2.05, 4.69) is 374 Å². The first-order valence-corrected chi connectivity index (χ1v) is 33.9. The minimum Gasteiger partial charge on any atom is -0.308 e. The predicted octanol–water partition coefficient (Wildman–Crippen LogP) is 23.9. The topological polar surface area (TPSA) is 32.3 Å². The van der Waals surface area contributed by atoms with E-state index < -0.39 is 10.8 Å². The molecule has 0 unspecified atom stereocenters. The van der Waals surface area contributed by atoms with Gasteiger partial charge >= 0.3 is 0 Å². The van der Waals surface area contributed by atoms with Gasteiger partial charge in [-0.2, -0.15) is 0 Å². The summed E-state index contributed by atoms with van der Waals surface area (Å²) in [4.78, 5) is 16.8. The van der Waals surface area contributed by atoms with Gasteiger partial charge in [-0.25, -0.2) is 9.97 Å². The third-order valence-corrected chi connectivity index (χ3v) is 21.3. The fourth-order valence-electron chi connectivity index (χ4n) is 17.2. The quantitative estimate of drug-likeness (QED) is 0.137. The van der Waals surface area contributed by atoms with Crippen LogP contribution in [0.25, 0.3) is 100 Å². The third-order valence-electron chi connectivity index (χ3n) is 21.3. The average Bonchev–Trinajstić information content (AvgIpc) is 1.51. The van der Waals surface area contributed by atoms with Crippen LogP contribution in [0.5, 0.6) is 0 Å². The van der Waals surface area contributed by atoms with E-state index >= 15 is 0 Å². The number of nitrogens with zero attached hydrogens (tertiary/aromatic N) is 4. The van der Waals surface area contributed by atoms with Crippen LogP contribution >= 0.6 is 0 Å². The van der Waals surface area contributed by atoms with Crippen molar-refractivity contribution in [1.29, 1.82) is 0 Å². The Morgan fingerprint density at radius 3 is 0.684 bits per heavy atom. The van der Waals surface area contributed by atoms with Crippen LogP contribution in [-0.4, -0.2) is 9.97 Å². The second-order valence-corrected chi connectivity index (χ2v) is 26.2. The van der Waals surface area contributed by atoms with Crippen molar-refractivity contribution in [2.24, 2.45) is 0 Å². The van der Waals surface area contributed by atoms with Crippen molar-refractivity contribution in [3.8, 4) is 89.3 Å². The molecule has 0 bridgehead atoms. The molecule has 0 saturated heterocycles. The molecular formula is C94H60N4. The van der Waals surface area contributed by atoms with Gasteiger partial charge in [-0.05, 0) is 184 Å². The minimum atomic E-state index is -0.455. The molecule has 4 aliphatic rings. The van der Waals surface area contributed by atoms with Gasteiger partial charge in [0.2, 0.25) is 0 Å². The lowest BCUT2D eigenvalue weighted by Gasteiger charge is -2.30. The number of fused-ring (bicyclic) bond motifs is 21. The summed E-state index contributed by atoms with van der Waals surface area (Å²) in [6, 6.07) is 134. The Kier molecular flexibility index (Phi) is 12.4. The van der Waals surface area contributed by atoms with Gasteiger partial charge in [-0.1, -0.05) is 291 Å². The van der Waals surface area contributed by atoms with Gasteiger partial charge in [0.1, 0.15) is 11.0 Å². The number of anilines is 6. The Morgan fingerprint density at radius 2 is 0.408 bits per heavy atom. The Bertz CT molecular complexity index is 5300. The highest BCUT2D eigenvalue weighted by atomic mass is 15.2. The predicted molar refractivity (Wildman–Crippen MR) is 403 cm³/mol. The average molecular weight is 1250 g/mol. The molecule has 0 saturated carbocycles. The summed E-state index contributed by atoms with van der Waals surface area (Å²) in [6.07, 6.45) is 0. The number of aromatic nitrogens is 2. The smallest absolute Gasteiger partial charge is 0.116 e. The van der Waals surface area contributed by atoms with Crippen molar-refractivity contribution in [3.05, 3.63) is 408 Å². The van der Waals surface area contributed by atoms with Crippen LogP contribution in [0, 0.1) is 0 Å². The highest BCUT2D eigenvalue weighted by Crippen LogP contribution is 2.65. The summed E-state index contributed by atoms with van der Waals surface area (Å²) >= 11 is 0. The van der Waals surface area contributed by atoms with Gasteiger partial charge in [0.05, 0.1) is 33.6 Å². The van der Waals surface area contributed by atoms with Gasteiger partial charge < -0.3 is 9.80 Å². The monoisotopic (exact) mass is 1240 g/mol. The molecule has 16 aromatic rings. The van der Waals surface area contributed by atoms with Crippen molar-refractivity contribution in [3.63, 3.8) is 0 Å². The van der Waals surface area contributed by atoms with Crippen LogP contribution in [0.4, 0.5) is 34.1 Å². The lowest BCUT2D eigenvalue weighted by molar-refractivity contribution is 0.794. The summed E-state index contributed by atoms with van der Waals surface area (Å²) in [6.45, 7) is 0. The maximum absolute atomic E-state index is 6.07. The van der Waals surface area contributed by atoms with Crippen molar-refractivity contribution in [2.75, 3.05) is 9.80 Å². The van der Waals surface area contributed by atoms with Gasteiger partial charge in [-0.3, -0.25) is 0 Å². The number of hydrogen-bond donors (Lipinski definition) is 0. The zero-order chi connectivity index (χ0) is 64.5. The number of benzene rings is 15. The maximum Gasteiger partial charge on any atom is 0.116 e. The van der Waals surface area contributed by atoms with Gasteiger partial charge in [0.15, 0.2) is 0 Å². The zero-order valence-electron chi connectivity index (χ0n) is 53.4. The molecule has 4 heteroatoms. The Hall–Kier alpha value is -12.8. The van der Waals surface area contributed by atoms with Crippen molar-refractivity contribution < 1.29 is 0 Å². The summed E-state index contributed by atoms with van der Waals surface area (Å²) in [7, 11) is 0. The highest BCUT2D eigenvalue weighted by Gasteiger charge is 2.53. The van der Waals surface area contributed by atoms with E-state index in [1.807, 2.05) is 0 Å². The fraction of sp³-hybridized carbons (Fsp3) is 0.0213. The van der Waals surface area contributed by atoms with Gasteiger partial charge in [0.25, 0.3) is 0 Å². The number of hydrogen-bond acceptors (Lipinski definition) is 4. The number of rotatable bonds is 10. The number of para-hydroxylation sites is 4. The molecule has 4 aliphatic carbocycles. The summed E-state index contributed by atoms with van der Waals surface area (Å²) < 4.78 is 0. The third kappa shape index (κ3) is 8.06. The summed E-state index contributed by atoms with van der Waals surface area (Å²) in [5.41, 5.74) is 35.4. The normalized spacial score (nSPS) is 13.3. The van der Waals surface area contributed by atoms with Gasteiger partial charge in [-0.15, -0.1) is 0 Å². The molecule has 15 aromatic carbocycles. The van der Waals surface area contributed by atoms with E-state index in [0.717, 1.165) is 89.9 Å². The Balaban J connectivity index is 0.788. The fourth-order valence-corrected chi connectivity index (χ4v) is 17.2. The SMILES string of the molecule is c1ccc(N(c2ccccc2)c2ccc(N(c3ccccc3)c3ccccc3)c3nc(-c4ccc(-c5ccc6c(c5)C5(c7ccccc7-c7ccccc75)c5ccccc5-6)cc4)c(-c4ccc(-c5ccc6c(c5)C5(c7ccccc7-c7ccccc75)c5ccccc5-6)cc4)nc23)cc1. The summed E-state index contributed by atoms with van der Waals surface area (Å²) in [5.74, 6) is 0. The molecule has 0 fully saturated rings. The van der Waals surface area contributed by atoms with E-state index in [1.54, 1.807) is 0 Å². The van der Waals surface area contributed by atoms with E-state index in [-0.39, 0.29) is 0 Å². The molecule has 0 N–H and O–H groups in total. The molecule has 1 heterocycles. The van der Waals surface area contributed by atoms with Crippen LogP contribution in [0.15, 0.2) is 364 Å². The summed E-state index contributed by atoms with van der Waals surface area (Å²) in [5, 5.41) is 0. The molecule has 2 spiro atoms. The molecule has 0 aliphatic heterocycles. The van der Waals surface area contributed by atoms with Gasteiger partial charge in [0, 0.05) is 33.9 Å². The van der Waals surface area contributed by atoms with Crippen molar-refractivity contribution in [2.45, 2.75) is 10.8 Å². The minimum absolute atomic E-state index is 0.455. The van der Waals surface area contributed by atoms with E-state index in [1.165, 1.54) is 89.0 Å². The standard InChI is InChI=1S/C94H60N4/c1-5-25-67(26-6-1)97(68-27-7-2-8-28-68)87-57-58-88(98(69-29-9-3-10-30-69)70-31-11-4-12-32-70)92-91(87)95-89(63-49-45-61(46-50-63)65-53-55-77-75-37-17-23-43-83(75)93(85(77)59-65)79-39-19-13-33-71(79)72-34-14-20-40-80(72)93)90(96-92)64-51-47-62(48-52-64)66-54-56-78-76-38-18-24-44-84(76)94(86(78)60-66)81-41-21-15-35-73(81)74-36-16-22-42-82(74)94/h1-60H. The van der Waals surface area contributed by atoms with E-state index in [0.29, 0.717) is 0 Å². The molecule has 0 radical (unpaired) electrons. The molecular weight excluding hydrogens is 1190 g/mol. The highest BCUT2D eigenvalue weighted by molar-refractivity contribution is 6.06. The molecule has 0 amide bonds. The maximum atomic E-state index is 6.07. The molecule has 0 atom stereocenters. The van der Waals surface area contributed by atoms with Crippen molar-refractivity contribution >= 4 is 45.2 Å². The second-order valence-electron chi connectivity index (χ2n) is 26.2. The van der Waals surface area contributed by atoms with Crippen LogP contribution in [0.2, 0.25) is 0 Å². The van der Waals surface area contributed by atoms with E-state index in [9.17, 15) is 0 Å². The van der Waals surface area contributed by atoms with Crippen LogP contribution in [0.3, 0.4) is 0 Å². The van der Waals surface area contributed by atoms with Crippen LogP contribution in [0.1, 0.15) is 44.5 Å². The Morgan fingerprint density at radius 1 is 0.184 bits per heavy atom. The van der Waals surface area contributed by atoms with Crippen LogP contribution < -0.4 is 9.80 Å². The van der Waals surface area contributed by atoms with Crippen LogP contribution in [-0.2, 0) is 10.8 Å². The first-order valence-electron chi connectivity index (χ1n) is 33.9. The first-order chi connectivity index (χ1) is 48.6. The second kappa shape index (κ2) is 21.9. The zero-order valence-corrected chi connectivity index (χ0v) is 53.4. The van der Waals surface area contributed by atoms with Crippen molar-refractivity contribution in [1.82, 2.24) is 9.97 Å². The Labute approximate surface area is 570 Å². The lowest BCUT2D eigenvalue weighted by Crippen LogP contribution is -2.25. The first kappa shape index (κ1) is 55.7. The van der Waals surface area contributed by atoms with E-state index in [4.69, 9.17) is 9.97 Å². The molecule has 4 nitrogen and oxygen atoms in total. The molecule has 456 valence electrons. The molecule has 98 heavy (non-hydrogen) atoms. The largest absolute Gasteiger partial charge is 0.308 e. The molecule has 20 rings (SSSR count).